The molecular weight excluding hydrogens is 432 g/mol. The van der Waals surface area contributed by atoms with Crippen molar-refractivity contribution in [3.8, 4) is 5.88 Å². The van der Waals surface area contributed by atoms with Crippen molar-refractivity contribution in [3.05, 3.63) is 36.3 Å². The molecule has 9 nitrogen and oxygen atoms in total. The van der Waals surface area contributed by atoms with Crippen molar-refractivity contribution < 1.29 is 14.3 Å². The van der Waals surface area contributed by atoms with Crippen LogP contribution in [-0.2, 0) is 9.53 Å². The van der Waals surface area contributed by atoms with Gasteiger partial charge in [-0.05, 0) is 25.3 Å². The van der Waals surface area contributed by atoms with Gasteiger partial charge in [0.2, 0.25) is 11.8 Å². The highest BCUT2D eigenvalue weighted by molar-refractivity contribution is 5.79. The van der Waals surface area contributed by atoms with Gasteiger partial charge < -0.3 is 24.2 Å². The number of carbonyl (C=O) groups is 1. The smallest absolute Gasteiger partial charge is 0.225 e. The summed E-state index contributed by atoms with van der Waals surface area (Å²) < 4.78 is 11.5. The fraction of sp³-hybridized carbons (Fsp3) is 0.600. The van der Waals surface area contributed by atoms with Gasteiger partial charge in [0.05, 0.1) is 13.2 Å². The van der Waals surface area contributed by atoms with Crippen LogP contribution in [0.15, 0.2) is 30.7 Å². The standard InChI is InChI=1S/C25H34N6O3/c1-19-2-3-24(26-17-19)34-21-6-10-31(11-7-21)25(32)20-4-8-29(9-5-20)22-16-23(28-18-27-22)30-12-14-33-15-13-30/h2-3,16-18,20-21H,4-15H2,1H3. The topological polar surface area (TPSA) is 83.9 Å². The normalized spacial score (nSPS) is 20.4. The van der Waals surface area contributed by atoms with Crippen molar-refractivity contribution in [3.63, 3.8) is 0 Å². The second-order valence-corrected chi connectivity index (χ2v) is 9.41. The van der Waals surface area contributed by atoms with Crippen molar-refractivity contribution in [1.29, 1.82) is 0 Å². The number of carbonyl (C=O) groups excluding carboxylic acids is 1. The molecule has 34 heavy (non-hydrogen) atoms. The molecule has 0 spiro atoms. The molecule has 182 valence electrons. The van der Waals surface area contributed by atoms with E-state index in [1.165, 1.54) is 0 Å². The second kappa shape index (κ2) is 10.5. The molecule has 9 heteroatoms. The van der Waals surface area contributed by atoms with E-state index >= 15 is 0 Å². The number of likely N-dealkylation sites (tertiary alicyclic amines) is 1. The second-order valence-electron chi connectivity index (χ2n) is 9.41. The molecule has 5 rings (SSSR count). The Morgan fingerprint density at radius 1 is 0.912 bits per heavy atom. The zero-order chi connectivity index (χ0) is 23.3. The van der Waals surface area contributed by atoms with Gasteiger partial charge >= 0.3 is 0 Å². The number of pyridine rings is 1. The SMILES string of the molecule is Cc1ccc(OC2CCN(C(=O)C3CCN(c4cc(N5CCOCC5)ncn4)CC3)CC2)nc1. The Morgan fingerprint density at radius 3 is 2.24 bits per heavy atom. The lowest BCUT2D eigenvalue weighted by Gasteiger charge is -2.37. The lowest BCUT2D eigenvalue weighted by atomic mass is 9.94. The van der Waals surface area contributed by atoms with Gasteiger partial charge in [0.25, 0.3) is 0 Å². The molecular formula is C25H34N6O3. The molecule has 3 fully saturated rings. The average Bonchev–Trinajstić information content (AvgIpc) is 2.91. The Hall–Kier alpha value is -2.94. The molecule has 0 radical (unpaired) electrons. The molecule has 3 aliphatic heterocycles. The largest absolute Gasteiger partial charge is 0.474 e. The van der Waals surface area contributed by atoms with Gasteiger partial charge in [0.1, 0.15) is 24.1 Å². The number of nitrogens with zero attached hydrogens (tertiary/aromatic N) is 6. The monoisotopic (exact) mass is 466 g/mol. The number of amides is 1. The van der Waals surface area contributed by atoms with Crippen LogP contribution >= 0.6 is 0 Å². The molecule has 3 aliphatic rings. The molecule has 0 aromatic carbocycles. The third-order valence-electron chi connectivity index (χ3n) is 7.07. The highest BCUT2D eigenvalue weighted by Crippen LogP contribution is 2.27. The Labute approximate surface area is 201 Å². The number of rotatable bonds is 5. The molecule has 0 atom stereocenters. The van der Waals surface area contributed by atoms with Crippen molar-refractivity contribution in [1.82, 2.24) is 19.9 Å². The number of hydrogen-bond donors (Lipinski definition) is 0. The highest BCUT2D eigenvalue weighted by Gasteiger charge is 2.32. The molecule has 0 aliphatic carbocycles. The van der Waals surface area contributed by atoms with E-state index in [1.807, 2.05) is 30.2 Å². The molecule has 5 heterocycles. The maximum atomic E-state index is 13.2. The van der Waals surface area contributed by atoms with E-state index in [-0.39, 0.29) is 12.0 Å². The first-order chi connectivity index (χ1) is 16.7. The Kier molecular flexibility index (Phi) is 7.08. The molecule has 0 bridgehead atoms. The summed E-state index contributed by atoms with van der Waals surface area (Å²) in [4.78, 5) is 33.0. The van der Waals surface area contributed by atoms with E-state index in [1.54, 1.807) is 6.33 Å². The predicted octanol–water partition coefficient (Wildman–Crippen LogP) is 2.30. The van der Waals surface area contributed by atoms with Crippen LogP contribution in [0, 0.1) is 12.8 Å². The first-order valence-corrected chi connectivity index (χ1v) is 12.4. The fourth-order valence-electron chi connectivity index (χ4n) is 4.98. The van der Waals surface area contributed by atoms with E-state index in [4.69, 9.17) is 9.47 Å². The minimum Gasteiger partial charge on any atom is -0.474 e. The molecule has 0 unspecified atom stereocenters. The van der Waals surface area contributed by atoms with Gasteiger partial charge in [-0.2, -0.15) is 0 Å². The van der Waals surface area contributed by atoms with Crippen molar-refractivity contribution in [2.24, 2.45) is 5.92 Å². The zero-order valence-electron chi connectivity index (χ0n) is 19.9. The van der Waals surface area contributed by atoms with Crippen molar-refractivity contribution in [2.75, 3.05) is 62.3 Å². The fourth-order valence-corrected chi connectivity index (χ4v) is 4.98. The van der Waals surface area contributed by atoms with Crippen molar-refractivity contribution >= 4 is 17.5 Å². The van der Waals surface area contributed by atoms with Gasteiger partial charge in [-0.25, -0.2) is 15.0 Å². The number of aromatic nitrogens is 3. The summed E-state index contributed by atoms with van der Waals surface area (Å²) >= 11 is 0. The summed E-state index contributed by atoms with van der Waals surface area (Å²) in [6.07, 6.45) is 7.02. The number of piperidine rings is 2. The third kappa shape index (κ3) is 5.41. The number of aryl methyl sites for hydroxylation is 1. The molecule has 3 saturated heterocycles. The minimum absolute atomic E-state index is 0.0908. The Morgan fingerprint density at radius 2 is 1.59 bits per heavy atom. The molecule has 1 amide bonds. The number of hydrogen-bond acceptors (Lipinski definition) is 8. The third-order valence-corrected chi connectivity index (χ3v) is 7.07. The lowest BCUT2D eigenvalue weighted by molar-refractivity contribution is -0.138. The molecule has 2 aromatic rings. The highest BCUT2D eigenvalue weighted by atomic mass is 16.5. The number of ether oxygens (including phenoxy) is 2. The summed E-state index contributed by atoms with van der Waals surface area (Å²) in [6.45, 7) is 8.39. The van der Waals surface area contributed by atoms with Crippen LogP contribution in [0.5, 0.6) is 5.88 Å². The van der Waals surface area contributed by atoms with Crippen LogP contribution in [0.3, 0.4) is 0 Å². The van der Waals surface area contributed by atoms with Gasteiger partial charge in [-0.1, -0.05) is 6.07 Å². The van der Waals surface area contributed by atoms with Crippen LogP contribution in [-0.4, -0.2) is 84.3 Å². The van der Waals surface area contributed by atoms with Crippen LogP contribution < -0.4 is 14.5 Å². The van der Waals surface area contributed by atoms with E-state index < -0.39 is 0 Å². The molecule has 2 aromatic heterocycles. The summed E-state index contributed by atoms with van der Waals surface area (Å²) in [7, 11) is 0. The lowest BCUT2D eigenvalue weighted by Crippen LogP contribution is -2.47. The Bertz CT molecular complexity index is 949. The summed E-state index contributed by atoms with van der Waals surface area (Å²) in [5.74, 6) is 2.96. The number of morpholine rings is 1. The molecule has 0 saturated carbocycles. The first-order valence-electron chi connectivity index (χ1n) is 12.4. The van der Waals surface area contributed by atoms with Gasteiger partial charge in [-0.3, -0.25) is 4.79 Å². The average molecular weight is 467 g/mol. The van der Waals surface area contributed by atoms with E-state index in [0.717, 1.165) is 95.4 Å². The van der Waals surface area contributed by atoms with E-state index in [2.05, 4.69) is 30.8 Å². The predicted molar refractivity (Wildman–Crippen MR) is 129 cm³/mol. The minimum atomic E-state index is 0.0908. The summed E-state index contributed by atoms with van der Waals surface area (Å²) in [5, 5.41) is 0. The summed E-state index contributed by atoms with van der Waals surface area (Å²) in [5.41, 5.74) is 1.12. The molecule has 0 N–H and O–H groups in total. The van der Waals surface area contributed by atoms with Gasteiger partial charge in [0.15, 0.2) is 0 Å². The van der Waals surface area contributed by atoms with Crippen LogP contribution in [0.2, 0.25) is 0 Å². The summed E-state index contributed by atoms with van der Waals surface area (Å²) in [6, 6.07) is 6.00. The quantitative estimate of drug-likeness (QED) is 0.664. The maximum absolute atomic E-state index is 13.2. The van der Waals surface area contributed by atoms with Crippen LogP contribution in [0.25, 0.3) is 0 Å². The first kappa shape index (κ1) is 22.8. The van der Waals surface area contributed by atoms with Crippen molar-refractivity contribution in [2.45, 2.75) is 38.7 Å². The van der Waals surface area contributed by atoms with Gasteiger partial charge in [-0.15, -0.1) is 0 Å². The van der Waals surface area contributed by atoms with E-state index in [0.29, 0.717) is 11.8 Å². The zero-order valence-corrected chi connectivity index (χ0v) is 19.9. The Balaban J connectivity index is 1.09. The van der Waals surface area contributed by atoms with Crippen LogP contribution in [0.4, 0.5) is 11.6 Å². The number of anilines is 2. The van der Waals surface area contributed by atoms with E-state index in [9.17, 15) is 4.79 Å². The van der Waals surface area contributed by atoms with Crippen LogP contribution in [0.1, 0.15) is 31.2 Å². The van der Waals surface area contributed by atoms with Gasteiger partial charge in [0, 0.05) is 76.4 Å². The maximum Gasteiger partial charge on any atom is 0.225 e.